The quantitative estimate of drug-likeness (QED) is 0.746. The minimum absolute atomic E-state index is 0.171. The van der Waals surface area contributed by atoms with E-state index in [0.29, 0.717) is 12.6 Å². The Morgan fingerprint density at radius 2 is 2.19 bits per heavy atom. The predicted molar refractivity (Wildman–Crippen MR) is 67.0 cm³/mol. The van der Waals surface area contributed by atoms with Crippen LogP contribution in [0.2, 0.25) is 0 Å². The van der Waals surface area contributed by atoms with Gasteiger partial charge in [-0.3, -0.25) is 4.79 Å². The van der Waals surface area contributed by atoms with E-state index < -0.39 is 0 Å². The number of nitrogens with zero attached hydrogens (tertiary/aromatic N) is 1. The summed E-state index contributed by atoms with van der Waals surface area (Å²) < 4.78 is 0. The fourth-order valence-corrected chi connectivity index (χ4v) is 2.48. The van der Waals surface area contributed by atoms with Crippen LogP contribution in [0.5, 0.6) is 0 Å². The molecule has 2 N–H and O–H groups in total. The number of carbonyl (C=O) groups is 1. The van der Waals surface area contributed by atoms with Crippen molar-refractivity contribution in [1.82, 2.24) is 4.90 Å². The second kappa shape index (κ2) is 6.04. The van der Waals surface area contributed by atoms with Crippen LogP contribution in [0.3, 0.4) is 0 Å². The third-order valence-corrected chi connectivity index (χ3v) is 3.38. The van der Waals surface area contributed by atoms with Gasteiger partial charge in [-0.25, -0.2) is 0 Å². The highest BCUT2D eigenvalue weighted by atomic mass is 16.2. The van der Waals surface area contributed by atoms with E-state index in [9.17, 15) is 4.79 Å². The Kier molecular flexibility index (Phi) is 5.00. The second-order valence-corrected chi connectivity index (χ2v) is 4.68. The van der Waals surface area contributed by atoms with Crippen LogP contribution in [0.1, 0.15) is 46.5 Å². The molecule has 1 fully saturated rings. The number of hydrogen-bond donors (Lipinski definition) is 1. The largest absolute Gasteiger partial charge is 0.332 e. The highest BCUT2D eigenvalue weighted by Gasteiger charge is 2.31. The molecule has 1 amide bonds. The summed E-state index contributed by atoms with van der Waals surface area (Å²) in [5, 5.41) is 0. The first kappa shape index (κ1) is 13.2. The lowest BCUT2D eigenvalue weighted by atomic mass is 9.95. The van der Waals surface area contributed by atoms with Gasteiger partial charge in [0.2, 0.25) is 5.91 Å². The van der Waals surface area contributed by atoms with Crippen LogP contribution >= 0.6 is 0 Å². The fourth-order valence-electron chi connectivity index (χ4n) is 2.48. The molecule has 1 rings (SSSR count). The molecular formula is C13H24N2O. The number of allylic oxidation sites excluding steroid dienone is 1. The highest BCUT2D eigenvalue weighted by Crippen LogP contribution is 2.24. The zero-order valence-electron chi connectivity index (χ0n) is 10.7. The van der Waals surface area contributed by atoms with Crippen molar-refractivity contribution in [2.45, 2.75) is 58.5 Å². The van der Waals surface area contributed by atoms with E-state index in [4.69, 9.17) is 5.73 Å². The van der Waals surface area contributed by atoms with Gasteiger partial charge in [0, 0.05) is 24.2 Å². The van der Waals surface area contributed by atoms with E-state index in [1.807, 2.05) is 17.9 Å². The van der Waals surface area contributed by atoms with Gasteiger partial charge < -0.3 is 10.6 Å². The van der Waals surface area contributed by atoms with Gasteiger partial charge in [-0.05, 0) is 39.5 Å². The van der Waals surface area contributed by atoms with E-state index in [-0.39, 0.29) is 11.9 Å². The average molecular weight is 224 g/mol. The van der Waals surface area contributed by atoms with Gasteiger partial charge in [0.1, 0.15) is 0 Å². The molecule has 0 saturated carbocycles. The standard InChI is InChI=1S/C13H24N2O/c1-4-6-10(2)13(16)15-11(3)7-5-8-12(15)9-14/h6,11-12H,4-5,7-9,14H2,1-3H3. The molecule has 0 radical (unpaired) electrons. The van der Waals surface area contributed by atoms with Crippen molar-refractivity contribution in [3.05, 3.63) is 11.6 Å². The summed E-state index contributed by atoms with van der Waals surface area (Å²) in [5.74, 6) is 0.171. The summed E-state index contributed by atoms with van der Waals surface area (Å²) in [6.07, 6.45) is 6.24. The van der Waals surface area contributed by atoms with Gasteiger partial charge in [-0.2, -0.15) is 0 Å². The summed E-state index contributed by atoms with van der Waals surface area (Å²) in [4.78, 5) is 14.3. The molecule has 1 aliphatic heterocycles. The number of amides is 1. The molecule has 0 spiro atoms. The fraction of sp³-hybridized carbons (Fsp3) is 0.769. The molecule has 0 bridgehead atoms. The smallest absolute Gasteiger partial charge is 0.249 e. The Hall–Kier alpha value is -0.830. The van der Waals surface area contributed by atoms with Crippen molar-refractivity contribution >= 4 is 5.91 Å². The molecule has 1 heterocycles. The van der Waals surface area contributed by atoms with E-state index >= 15 is 0 Å². The molecular weight excluding hydrogens is 200 g/mol. The summed E-state index contributed by atoms with van der Waals surface area (Å²) in [7, 11) is 0. The number of hydrogen-bond acceptors (Lipinski definition) is 2. The van der Waals surface area contributed by atoms with Crippen molar-refractivity contribution in [1.29, 1.82) is 0 Å². The van der Waals surface area contributed by atoms with Gasteiger partial charge in [0.25, 0.3) is 0 Å². The van der Waals surface area contributed by atoms with E-state index in [1.54, 1.807) is 0 Å². The number of nitrogens with two attached hydrogens (primary N) is 1. The van der Waals surface area contributed by atoms with Crippen LogP contribution < -0.4 is 5.73 Å². The summed E-state index contributed by atoms with van der Waals surface area (Å²) in [6.45, 7) is 6.66. The van der Waals surface area contributed by atoms with Crippen molar-refractivity contribution in [3.8, 4) is 0 Å². The van der Waals surface area contributed by atoms with Crippen LogP contribution in [-0.4, -0.2) is 29.4 Å². The minimum Gasteiger partial charge on any atom is -0.332 e. The third kappa shape index (κ3) is 2.85. The van der Waals surface area contributed by atoms with Crippen molar-refractivity contribution in [3.63, 3.8) is 0 Å². The second-order valence-electron chi connectivity index (χ2n) is 4.68. The van der Waals surface area contributed by atoms with Gasteiger partial charge >= 0.3 is 0 Å². The topological polar surface area (TPSA) is 46.3 Å². The summed E-state index contributed by atoms with van der Waals surface area (Å²) >= 11 is 0. The Morgan fingerprint density at radius 3 is 2.75 bits per heavy atom. The maximum atomic E-state index is 12.3. The average Bonchev–Trinajstić information content (AvgIpc) is 2.28. The van der Waals surface area contributed by atoms with Crippen molar-refractivity contribution in [2.24, 2.45) is 5.73 Å². The Labute approximate surface area is 98.7 Å². The molecule has 2 atom stereocenters. The van der Waals surface area contributed by atoms with Gasteiger partial charge in [0.05, 0.1) is 0 Å². The lowest BCUT2D eigenvalue weighted by molar-refractivity contribution is -0.133. The summed E-state index contributed by atoms with van der Waals surface area (Å²) in [6, 6.07) is 0.562. The molecule has 0 aromatic rings. The van der Waals surface area contributed by atoms with Gasteiger partial charge in [-0.15, -0.1) is 0 Å². The van der Waals surface area contributed by atoms with E-state index in [1.165, 1.54) is 6.42 Å². The van der Waals surface area contributed by atoms with E-state index in [0.717, 1.165) is 24.8 Å². The zero-order valence-corrected chi connectivity index (χ0v) is 10.7. The Balaban J connectivity index is 2.81. The summed E-state index contributed by atoms with van der Waals surface area (Å²) in [5.41, 5.74) is 6.61. The van der Waals surface area contributed by atoms with Gasteiger partial charge in [-0.1, -0.05) is 13.0 Å². The first-order chi connectivity index (χ1) is 7.61. The maximum Gasteiger partial charge on any atom is 0.249 e. The maximum absolute atomic E-state index is 12.3. The highest BCUT2D eigenvalue weighted by molar-refractivity contribution is 5.93. The van der Waals surface area contributed by atoms with Crippen molar-refractivity contribution < 1.29 is 4.79 Å². The van der Waals surface area contributed by atoms with Crippen LogP contribution in [0.25, 0.3) is 0 Å². The first-order valence-corrected chi connectivity index (χ1v) is 6.31. The molecule has 0 aliphatic carbocycles. The first-order valence-electron chi connectivity index (χ1n) is 6.31. The minimum atomic E-state index is 0.171. The molecule has 2 unspecified atom stereocenters. The van der Waals surface area contributed by atoms with Gasteiger partial charge in [0.15, 0.2) is 0 Å². The molecule has 1 aliphatic rings. The third-order valence-electron chi connectivity index (χ3n) is 3.38. The Bertz CT molecular complexity index is 273. The number of piperidine rings is 1. The van der Waals surface area contributed by atoms with Crippen molar-refractivity contribution in [2.75, 3.05) is 6.54 Å². The molecule has 3 heteroatoms. The molecule has 16 heavy (non-hydrogen) atoms. The van der Waals surface area contributed by atoms with E-state index in [2.05, 4.69) is 13.8 Å². The monoisotopic (exact) mass is 224 g/mol. The SMILES string of the molecule is CCC=C(C)C(=O)N1C(C)CCCC1CN. The van der Waals surface area contributed by atoms with Crippen LogP contribution in [0.15, 0.2) is 11.6 Å². The van der Waals surface area contributed by atoms with Crippen LogP contribution in [-0.2, 0) is 4.79 Å². The zero-order chi connectivity index (χ0) is 12.1. The molecule has 0 aromatic carbocycles. The molecule has 92 valence electrons. The molecule has 0 aromatic heterocycles. The predicted octanol–water partition coefficient (Wildman–Crippen LogP) is 2.07. The lowest BCUT2D eigenvalue weighted by Gasteiger charge is -2.40. The van der Waals surface area contributed by atoms with Crippen LogP contribution in [0.4, 0.5) is 0 Å². The Morgan fingerprint density at radius 1 is 1.50 bits per heavy atom. The number of rotatable bonds is 3. The normalized spacial score (nSPS) is 27.0. The van der Waals surface area contributed by atoms with Crippen LogP contribution in [0, 0.1) is 0 Å². The molecule has 3 nitrogen and oxygen atoms in total. The molecule has 1 saturated heterocycles. The lowest BCUT2D eigenvalue weighted by Crippen LogP contribution is -2.52. The number of likely N-dealkylation sites (tertiary alicyclic amines) is 1. The number of carbonyl (C=O) groups excluding carboxylic acids is 1.